The molecule has 0 radical (unpaired) electrons. The van der Waals surface area contributed by atoms with E-state index in [1.807, 2.05) is 0 Å². The summed E-state index contributed by atoms with van der Waals surface area (Å²) in [5.41, 5.74) is 0.171. The Morgan fingerprint density at radius 3 is 2.56 bits per heavy atom. The molecule has 0 heterocycles. The molecule has 0 aliphatic heterocycles. The number of Topliss-reactive ketones (excluding diaryl/α,β-unsaturated/α-hetero) is 1. The fourth-order valence-corrected chi connectivity index (χ4v) is 9.30. The fraction of sp³-hybridized carbons (Fsp3) is 0.931. The van der Waals surface area contributed by atoms with Crippen molar-refractivity contribution >= 4 is 11.8 Å². The normalized spacial score (nSPS) is 44.3. The third kappa shape index (κ3) is 4.09. The van der Waals surface area contributed by atoms with Crippen molar-refractivity contribution in [2.75, 3.05) is 0 Å². The molecule has 2 unspecified atom stereocenters. The van der Waals surface area contributed by atoms with Crippen molar-refractivity contribution in [1.82, 2.24) is 0 Å². The van der Waals surface area contributed by atoms with Gasteiger partial charge in [-0.1, -0.05) is 59.8 Å². The maximum Gasteiger partial charge on any atom is 0.302 e. The minimum absolute atomic E-state index is 0.0799. The number of carbonyl (C=O) groups is 2. The molecule has 0 aromatic rings. The number of fused-ring (bicyclic) bond motifs is 5. The molecule has 0 aromatic heterocycles. The van der Waals surface area contributed by atoms with Gasteiger partial charge in [-0.2, -0.15) is 0 Å². The molecule has 0 amide bonds. The largest absolute Gasteiger partial charge is 0.463 e. The highest BCUT2D eigenvalue weighted by atomic mass is 16.5. The van der Waals surface area contributed by atoms with Gasteiger partial charge in [0.05, 0.1) is 0 Å². The predicted octanol–water partition coefficient (Wildman–Crippen LogP) is 7.36. The SMILES string of the molecule is CCCCCCC(C)[C@H]1CC[C@H]2[C@@H]3CCC4C[C@H](OC(C)=O)CC[C@]4(C)[C@H]3CC(=O)[C@]12C. The fourth-order valence-electron chi connectivity index (χ4n) is 9.30. The van der Waals surface area contributed by atoms with Crippen molar-refractivity contribution < 1.29 is 14.3 Å². The van der Waals surface area contributed by atoms with Gasteiger partial charge in [-0.25, -0.2) is 0 Å². The molecule has 0 N–H and O–H groups in total. The number of hydrogen-bond acceptors (Lipinski definition) is 3. The van der Waals surface area contributed by atoms with E-state index in [4.69, 9.17) is 4.74 Å². The quantitative estimate of drug-likeness (QED) is 0.304. The average Bonchev–Trinajstić information content (AvgIpc) is 3.11. The lowest BCUT2D eigenvalue weighted by Crippen LogP contribution is -2.57. The summed E-state index contributed by atoms with van der Waals surface area (Å²) in [6, 6.07) is 0. The van der Waals surface area contributed by atoms with Crippen LogP contribution in [0.4, 0.5) is 0 Å². The molecule has 0 bridgehead atoms. The maximum absolute atomic E-state index is 13.9. The van der Waals surface area contributed by atoms with Crippen molar-refractivity contribution in [1.29, 1.82) is 0 Å². The standard InChI is InChI=1S/C29H48O3/c1-6-7-8-9-10-19(2)24-13-14-25-23-12-11-21-17-22(32-20(3)30)15-16-28(21,4)26(23)18-27(31)29(24,25)5/h19,21-26H,6-18H2,1-5H3/t19?,21?,22-,23+,24-,25+,26+,28+,29-/m1/s1. The molecular weight excluding hydrogens is 396 g/mol. The second-order valence-electron chi connectivity index (χ2n) is 12.6. The van der Waals surface area contributed by atoms with Gasteiger partial charge in [0.15, 0.2) is 0 Å². The average molecular weight is 445 g/mol. The summed E-state index contributed by atoms with van der Waals surface area (Å²) in [4.78, 5) is 25.4. The van der Waals surface area contributed by atoms with Gasteiger partial charge in [-0.3, -0.25) is 9.59 Å². The third-order valence-electron chi connectivity index (χ3n) is 11.1. The van der Waals surface area contributed by atoms with Crippen LogP contribution in [0.2, 0.25) is 0 Å². The van der Waals surface area contributed by atoms with E-state index in [1.165, 1.54) is 64.7 Å². The summed E-state index contributed by atoms with van der Waals surface area (Å²) < 4.78 is 5.61. The molecule has 3 heteroatoms. The van der Waals surface area contributed by atoms with E-state index in [-0.39, 0.29) is 22.9 Å². The van der Waals surface area contributed by atoms with Crippen LogP contribution in [0.1, 0.15) is 118 Å². The number of ether oxygens (including phenoxy) is 1. The zero-order valence-corrected chi connectivity index (χ0v) is 21.5. The highest BCUT2D eigenvalue weighted by Gasteiger charge is 2.64. The third-order valence-corrected chi connectivity index (χ3v) is 11.1. The number of carbonyl (C=O) groups excluding carboxylic acids is 2. The summed E-state index contributed by atoms with van der Waals surface area (Å²) in [5, 5.41) is 0. The topological polar surface area (TPSA) is 43.4 Å². The van der Waals surface area contributed by atoms with Crippen LogP contribution in [0.5, 0.6) is 0 Å². The van der Waals surface area contributed by atoms with Crippen LogP contribution in [0.15, 0.2) is 0 Å². The van der Waals surface area contributed by atoms with Gasteiger partial charge < -0.3 is 4.74 Å². The van der Waals surface area contributed by atoms with Gasteiger partial charge in [0, 0.05) is 18.8 Å². The molecule has 4 saturated carbocycles. The van der Waals surface area contributed by atoms with Gasteiger partial charge in [-0.05, 0) is 85.9 Å². The molecular formula is C29H48O3. The van der Waals surface area contributed by atoms with Gasteiger partial charge in [0.1, 0.15) is 11.9 Å². The smallest absolute Gasteiger partial charge is 0.302 e. The molecule has 0 aromatic carbocycles. The van der Waals surface area contributed by atoms with E-state index >= 15 is 0 Å². The lowest BCUT2D eigenvalue weighted by atomic mass is 9.44. The van der Waals surface area contributed by atoms with Gasteiger partial charge in [0.2, 0.25) is 0 Å². The summed E-state index contributed by atoms with van der Waals surface area (Å²) in [6.45, 7) is 11.1. The Hall–Kier alpha value is -0.860. The van der Waals surface area contributed by atoms with Crippen LogP contribution in [-0.4, -0.2) is 17.9 Å². The van der Waals surface area contributed by atoms with Crippen molar-refractivity contribution in [3.8, 4) is 0 Å². The first-order valence-corrected chi connectivity index (χ1v) is 13.9. The second-order valence-corrected chi connectivity index (χ2v) is 12.6. The first kappa shape index (κ1) is 24.3. The van der Waals surface area contributed by atoms with E-state index in [2.05, 4.69) is 27.7 Å². The maximum atomic E-state index is 13.9. The number of ketones is 1. The number of unbranched alkanes of at least 4 members (excludes halogenated alkanes) is 3. The summed E-state index contributed by atoms with van der Waals surface area (Å²) in [6.07, 6.45) is 15.7. The van der Waals surface area contributed by atoms with E-state index < -0.39 is 0 Å². The number of rotatable bonds is 7. The Kier molecular flexibility index (Phi) is 7.14. The molecule has 32 heavy (non-hydrogen) atoms. The van der Waals surface area contributed by atoms with Crippen LogP contribution in [0.3, 0.4) is 0 Å². The molecule has 0 saturated heterocycles. The molecule has 4 fully saturated rings. The lowest BCUT2D eigenvalue weighted by molar-refractivity contribution is -0.167. The van der Waals surface area contributed by atoms with Crippen molar-refractivity contribution in [2.45, 2.75) is 124 Å². The first-order chi connectivity index (χ1) is 15.2. The molecule has 3 nitrogen and oxygen atoms in total. The van der Waals surface area contributed by atoms with E-state index in [0.717, 1.165) is 31.6 Å². The van der Waals surface area contributed by atoms with E-state index in [1.54, 1.807) is 0 Å². The number of esters is 1. The Morgan fingerprint density at radius 1 is 1.06 bits per heavy atom. The minimum atomic E-state index is -0.142. The summed E-state index contributed by atoms with van der Waals surface area (Å²) >= 11 is 0. The number of hydrogen-bond donors (Lipinski definition) is 0. The molecule has 9 atom stereocenters. The Labute approximate surface area is 196 Å². The van der Waals surface area contributed by atoms with Crippen LogP contribution in [0, 0.1) is 46.3 Å². The lowest BCUT2D eigenvalue weighted by Gasteiger charge is -2.60. The zero-order chi connectivity index (χ0) is 23.1. The Balaban J connectivity index is 1.47. The molecule has 4 aliphatic carbocycles. The van der Waals surface area contributed by atoms with E-state index in [0.29, 0.717) is 35.4 Å². The van der Waals surface area contributed by atoms with Crippen LogP contribution < -0.4 is 0 Å². The van der Waals surface area contributed by atoms with Gasteiger partial charge in [0.25, 0.3) is 0 Å². The monoisotopic (exact) mass is 444 g/mol. The highest BCUT2D eigenvalue weighted by Crippen LogP contribution is 2.67. The zero-order valence-electron chi connectivity index (χ0n) is 21.5. The molecule has 4 rings (SSSR count). The van der Waals surface area contributed by atoms with Gasteiger partial charge >= 0.3 is 5.97 Å². The van der Waals surface area contributed by atoms with Crippen LogP contribution >= 0.6 is 0 Å². The Bertz CT molecular complexity index is 701. The molecule has 0 spiro atoms. The highest BCUT2D eigenvalue weighted by molar-refractivity contribution is 5.87. The van der Waals surface area contributed by atoms with Crippen LogP contribution in [-0.2, 0) is 14.3 Å². The second kappa shape index (κ2) is 9.41. The molecule has 4 aliphatic rings. The van der Waals surface area contributed by atoms with Crippen molar-refractivity contribution in [2.24, 2.45) is 46.3 Å². The Morgan fingerprint density at radius 2 is 1.84 bits per heavy atom. The molecule has 182 valence electrons. The predicted molar refractivity (Wildman–Crippen MR) is 129 cm³/mol. The van der Waals surface area contributed by atoms with Crippen molar-refractivity contribution in [3.05, 3.63) is 0 Å². The van der Waals surface area contributed by atoms with Crippen molar-refractivity contribution in [3.63, 3.8) is 0 Å². The summed E-state index contributed by atoms with van der Waals surface area (Å²) in [7, 11) is 0. The summed E-state index contributed by atoms with van der Waals surface area (Å²) in [5.74, 6) is 4.19. The minimum Gasteiger partial charge on any atom is -0.463 e. The van der Waals surface area contributed by atoms with Gasteiger partial charge in [-0.15, -0.1) is 0 Å². The van der Waals surface area contributed by atoms with Crippen LogP contribution in [0.25, 0.3) is 0 Å². The first-order valence-electron chi connectivity index (χ1n) is 13.9. The van der Waals surface area contributed by atoms with E-state index in [9.17, 15) is 9.59 Å².